The number of pyridine rings is 1. The van der Waals surface area contributed by atoms with E-state index in [4.69, 9.17) is 0 Å². The lowest BCUT2D eigenvalue weighted by atomic mass is 10.1. The monoisotopic (exact) mass is 306 g/mol. The maximum absolute atomic E-state index is 4.23. The van der Waals surface area contributed by atoms with E-state index in [1.807, 2.05) is 32.0 Å². The Balaban J connectivity index is 1.69. The molecule has 2 aromatic heterocycles. The first kappa shape index (κ1) is 15.4. The van der Waals surface area contributed by atoms with Crippen molar-refractivity contribution in [2.24, 2.45) is 7.05 Å². The van der Waals surface area contributed by atoms with E-state index < -0.39 is 0 Å². The molecule has 0 unspecified atom stereocenters. The molecule has 0 radical (unpaired) electrons. The molecule has 0 fully saturated rings. The number of benzene rings is 1. The van der Waals surface area contributed by atoms with Gasteiger partial charge in [-0.25, -0.2) is 4.98 Å². The molecule has 0 aliphatic heterocycles. The topological polar surface area (TPSA) is 34.0 Å². The van der Waals surface area contributed by atoms with Gasteiger partial charge in [-0.15, -0.1) is 0 Å². The number of nitrogens with zero attached hydrogens (tertiary/aromatic N) is 4. The van der Waals surface area contributed by atoms with Crippen molar-refractivity contribution < 1.29 is 0 Å². The third-order valence-electron chi connectivity index (χ3n) is 4.02. The van der Waals surface area contributed by atoms with Gasteiger partial charge in [0.05, 0.1) is 12.0 Å². The van der Waals surface area contributed by atoms with Crippen LogP contribution in [-0.2, 0) is 26.6 Å². The first-order valence-electron chi connectivity index (χ1n) is 7.91. The molecule has 0 bridgehead atoms. The Morgan fingerprint density at radius 2 is 1.70 bits per heavy atom. The van der Waals surface area contributed by atoms with Gasteiger partial charge in [0.1, 0.15) is 0 Å². The molecule has 0 aliphatic rings. The van der Waals surface area contributed by atoms with Gasteiger partial charge in [0.2, 0.25) is 0 Å². The van der Waals surface area contributed by atoms with Gasteiger partial charge in [0, 0.05) is 45.3 Å². The highest BCUT2D eigenvalue weighted by Crippen LogP contribution is 2.11. The van der Waals surface area contributed by atoms with Crippen molar-refractivity contribution in [3.63, 3.8) is 0 Å². The first-order valence-corrected chi connectivity index (χ1v) is 7.91. The van der Waals surface area contributed by atoms with Crippen LogP contribution in [0.4, 0.5) is 0 Å². The Morgan fingerprint density at radius 3 is 2.39 bits per heavy atom. The third kappa shape index (κ3) is 4.50. The molecule has 1 aromatic carbocycles. The highest BCUT2D eigenvalue weighted by molar-refractivity contribution is 5.15. The van der Waals surface area contributed by atoms with Crippen molar-refractivity contribution in [3.05, 3.63) is 84.2 Å². The van der Waals surface area contributed by atoms with E-state index in [-0.39, 0.29) is 0 Å². The number of hydrogen-bond acceptors (Lipinski definition) is 3. The lowest BCUT2D eigenvalue weighted by Crippen LogP contribution is -2.26. The maximum atomic E-state index is 4.23. The van der Waals surface area contributed by atoms with Crippen molar-refractivity contribution >= 4 is 0 Å². The summed E-state index contributed by atoms with van der Waals surface area (Å²) < 4.78 is 2.09. The summed E-state index contributed by atoms with van der Waals surface area (Å²) in [7, 11) is 2.05. The fourth-order valence-corrected chi connectivity index (χ4v) is 2.66. The summed E-state index contributed by atoms with van der Waals surface area (Å²) in [6.45, 7) is 2.82. The van der Waals surface area contributed by atoms with Crippen LogP contribution in [0.5, 0.6) is 0 Å². The van der Waals surface area contributed by atoms with Crippen molar-refractivity contribution in [1.29, 1.82) is 0 Å². The average Bonchev–Trinajstić information content (AvgIpc) is 2.99. The third-order valence-corrected chi connectivity index (χ3v) is 4.02. The molecule has 23 heavy (non-hydrogen) atoms. The smallest absolute Gasteiger partial charge is 0.0945 e. The normalized spacial score (nSPS) is 11.0. The summed E-state index contributed by atoms with van der Waals surface area (Å²) in [6, 6.07) is 14.8. The lowest BCUT2D eigenvalue weighted by Gasteiger charge is -2.22. The zero-order valence-electron chi connectivity index (χ0n) is 13.5. The van der Waals surface area contributed by atoms with Gasteiger partial charge in [-0.2, -0.15) is 0 Å². The predicted molar refractivity (Wildman–Crippen MR) is 91.7 cm³/mol. The molecule has 0 atom stereocenters. The van der Waals surface area contributed by atoms with Crippen molar-refractivity contribution in [1.82, 2.24) is 19.4 Å². The second-order valence-corrected chi connectivity index (χ2v) is 5.80. The highest BCUT2D eigenvalue weighted by atomic mass is 15.1. The van der Waals surface area contributed by atoms with Crippen LogP contribution < -0.4 is 0 Å². The predicted octanol–water partition coefficient (Wildman–Crippen LogP) is 3.06. The van der Waals surface area contributed by atoms with Crippen LogP contribution >= 0.6 is 0 Å². The number of aromatic nitrogens is 3. The summed E-state index contributed by atoms with van der Waals surface area (Å²) in [5.74, 6) is 0. The van der Waals surface area contributed by atoms with E-state index >= 15 is 0 Å². The average molecular weight is 306 g/mol. The molecule has 3 aromatic rings. The Hall–Kier alpha value is -2.46. The molecule has 0 aliphatic carbocycles. The largest absolute Gasteiger partial charge is 0.337 e. The van der Waals surface area contributed by atoms with Crippen LogP contribution in [0.2, 0.25) is 0 Å². The van der Waals surface area contributed by atoms with Gasteiger partial charge >= 0.3 is 0 Å². The van der Waals surface area contributed by atoms with Gasteiger partial charge in [0.15, 0.2) is 0 Å². The maximum Gasteiger partial charge on any atom is 0.0945 e. The number of aryl methyl sites for hydroxylation is 1. The van der Waals surface area contributed by atoms with Crippen molar-refractivity contribution in [3.8, 4) is 0 Å². The second-order valence-electron chi connectivity index (χ2n) is 5.80. The zero-order chi connectivity index (χ0) is 15.9. The number of hydrogen-bond donors (Lipinski definition) is 0. The first-order chi connectivity index (χ1) is 11.3. The molecule has 3 rings (SSSR count). The quantitative estimate of drug-likeness (QED) is 0.673. The molecule has 0 spiro atoms. The number of imidazole rings is 1. The van der Waals surface area contributed by atoms with Crippen molar-refractivity contribution in [2.45, 2.75) is 19.5 Å². The highest BCUT2D eigenvalue weighted by Gasteiger charge is 2.10. The minimum absolute atomic E-state index is 0.895. The van der Waals surface area contributed by atoms with Gasteiger partial charge in [-0.05, 0) is 29.7 Å². The minimum atomic E-state index is 0.895. The molecule has 0 saturated heterocycles. The zero-order valence-corrected chi connectivity index (χ0v) is 13.5. The minimum Gasteiger partial charge on any atom is -0.337 e. The summed E-state index contributed by atoms with van der Waals surface area (Å²) in [5, 5.41) is 0. The van der Waals surface area contributed by atoms with Gasteiger partial charge in [0.25, 0.3) is 0 Å². The number of rotatable bonds is 7. The van der Waals surface area contributed by atoms with Gasteiger partial charge in [-0.1, -0.05) is 30.3 Å². The van der Waals surface area contributed by atoms with Crippen LogP contribution in [0.25, 0.3) is 0 Å². The van der Waals surface area contributed by atoms with Crippen LogP contribution in [0.3, 0.4) is 0 Å². The Labute approximate surface area is 137 Å². The van der Waals surface area contributed by atoms with E-state index in [1.165, 1.54) is 16.8 Å². The molecule has 118 valence electrons. The molecule has 0 saturated carbocycles. The van der Waals surface area contributed by atoms with E-state index in [1.54, 1.807) is 0 Å². The molecular formula is C19H22N4. The lowest BCUT2D eigenvalue weighted by molar-refractivity contribution is 0.254. The Morgan fingerprint density at radius 1 is 0.913 bits per heavy atom. The SMILES string of the molecule is Cn1cncc1CN(CCc1ccccc1)Cc1ccncc1. The molecule has 0 amide bonds. The molecule has 2 heterocycles. The van der Waals surface area contributed by atoms with Crippen LogP contribution in [0, 0.1) is 0 Å². The van der Waals surface area contributed by atoms with Gasteiger partial charge < -0.3 is 4.57 Å². The van der Waals surface area contributed by atoms with Crippen LogP contribution in [-0.4, -0.2) is 26.0 Å². The second kappa shape index (κ2) is 7.70. The van der Waals surface area contributed by atoms with E-state index in [0.29, 0.717) is 0 Å². The molecule has 4 nitrogen and oxygen atoms in total. The Kier molecular flexibility index (Phi) is 5.17. The molecular weight excluding hydrogens is 284 g/mol. The van der Waals surface area contributed by atoms with E-state index in [0.717, 1.165) is 26.1 Å². The molecule has 4 heteroatoms. The summed E-state index contributed by atoms with van der Waals surface area (Å²) >= 11 is 0. The summed E-state index contributed by atoms with van der Waals surface area (Å²) in [5.41, 5.74) is 3.89. The fraction of sp³-hybridized carbons (Fsp3) is 0.263. The van der Waals surface area contributed by atoms with E-state index in [2.05, 4.69) is 61.9 Å². The van der Waals surface area contributed by atoms with Crippen LogP contribution in [0.15, 0.2) is 67.4 Å². The van der Waals surface area contributed by atoms with Crippen molar-refractivity contribution in [2.75, 3.05) is 6.54 Å². The van der Waals surface area contributed by atoms with Crippen LogP contribution in [0.1, 0.15) is 16.8 Å². The standard InChI is InChI=1S/C19H22N4/c1-22-16-21-13-19(22)15-23(14-18-7-10-20-11-8-18)12-9-17-5-3-2-4-6-17/h2-8,10-11,13,16H,9,12,14-15H2,1H3. The van der Waals surface area contributed by atoms with E-state index in [9.17, 15) is 0 Å². The summed E-state index contributed by atoms with van der Waals surface area (Å²) in [4.78, 5) is 10.8. The van der Waals surface area contributed by atoms with Gasteiger partial charge in [-0.3, -0.25) is 9.88 Å². The summed E-state index contributed by atoms with van der Waals surface area (Å²) in [6.07, 6.45) is 8.56. The fourth-order valence-electron chi connectivity index (χ4n) is 2.66. The Bertz CT molecular complexity index is 707. The molecule has 0 N–H and O–H groups in total.